The Hall–Kier alpha value is -4.98. The van der Waals surface area contributed by atoms with Crippen molar-refractivity contribution in [3.63, 3.8) is 0 Å². The van der Waals surface area contributed by atoms with E-state index in [4.69, 9.17) is 14.3 Å². The van der Waals surface area contributed by atoms with Gasteiger partial charge in [-0.1, -0.05) is 79.7 Å². The summed E-state index contributed by atoms with van der Waals surface area (Å²) in [6.07, 6.45) is 1.12. The molecule has 0 bridgehead atoms. The number of carbonyl (C=O) groups excluding carboxylic acids is 2. The highest BCUT2D eigenvalue weighted by molar-refractivity contribution is 5.93. The molecule has 3 aromatic carbocycles. The largest absolute Gasteiger partial charge is 0.475 e. The second-order valence-electron chi connectivity index (χ2n) is 9.48. The van der Waals surface area contributed by atoms with E-state index in [2.05, 4.69) is 5.32 Å². The lowest BCUT2D eigenvalue weighted by Gasteiger charge is -2.16. The van der Waals surface area contributed by atoms with E-state index in [1.165, 1.54) is 0 Å². The SMILES string of the molecule is C[C@@H](CCNC(=O)c1cc(=O)cc(C(=O)O)o1)Cc1ccc(-c2ccccc2)cc1C(=O)OCc1ccccc1. The average molecular weight is 540 g/mol. The van der Waals surface area contributed by atoms with Crippen LogP contribution in [0.3, 0.4) is 0 Å². The monoisotopic (exact) mass is 539 g/mol. The number of aromatic carboxylic acids is 1. The highest BCUT2D eigenvalue weighted by Gasteiger charge is 2.18. The predicted molar refractivity (Wildman–Crippen MR) is 149 cm³/mol. The number of amides is 1. The molecule has 204 valence electrons. The van der Waals surface area contributed by atoms with E-state index >= 15 is 0 Å². The van der Waals surface area contributed by atoms with Gasteiger partial charge >= 0.3 is 11.9 Å². The zero-order valence-corrected chi connectivity index (χ0v) is 22.0. The fourth-order valence-electron chi connectivity index (χ4n) is 4.25. The van der Waals surface area contributed by atoms with Gasteiger partial charge in [0, 0.05) is 18.7 Å². The number of carbonyl (C=O) groups is 3. The summed E-state index contributed by atoms with van der Waals surface area (Å²) in [6.45, 7) is 2.42. The van der Waals surface area contributed by atoms with Gasteiger partial charge in [0.2, 0.25) is 5.76 Å². The number of ether oxygens (including phenoxy) is 1. The fourth-order valence-corrected chi connectivity index (χ4v) is 4.25. The van der Waals surface area contributed by atoms with Crippen LogP contribution in [0, 0.1) is 5.92 Å². The van der Waals surface area contributed by atoms with Crippen molar-refractivity contribution in [3.05, 3.63) is 129 Å². The van der Waals surface area contributed by atoms with Crippen molar-refractivity contribution in [1.82, 2.24) is 5.32 Å². The van der Waals surface area contributed by atoms with Crippen LogP contribution in [0.2, 0.25) is 0 Å². The minimum absolute atomic E-state index is 0.0703. The molecule has 1 amide bonds. The minimum Gasteiger partial charge on any atom is -0.475 e. The maximum absolute atomic E-state index is 13.2. The van der Waals surface area contributed by atoms with Gasteiger partial charge in [-0.2, -0.15) is 0 Å². The lowest BCUT2D eigenvalue weighted by Crippen LogP contribution is -2.27. The molecular weight excluding hydrogens is 510 g/mol. The molecule has 2 N–H and O–H groups in total. The molecular formula is C32H29NO7. The zero-order chi connectivity index (χ0) is 28.5. The van der Waals surface area contributed by atoms with Crippen molar-refractivity contribution in [2.45, 2.75) is 26.4 Å². The van der Waals surface area contributed by atoms with Crippen molar-refractivity contribution in [3.8, 4) is 11.1 Å². The van der Waals surface area contributed by atoms with E-state index in [0.717, 1.165) is 34.4 Å². The second kappa shape index (κ2) is 13.2. The molecule has 0 aliphatic heterocycles. The van der Waals surface area contributed by atoms with E-state index in [1.807, 2.05) is 85.8 Å². The fraction of sp³-hybridized carbons (Fsp3) is 0.188. The smallest absolute Gasteiger partial charge is 0.371 e. The van der Waals surface area contributed by atoms with Crippen LogP contribution in [0.1, 0.15) is 55.9 Å². The minimum atomic E-state index is -1.43. The number of nitrogens with one attached hydrogen (secondary N) is 1. The Bertz CT molecular complexity index is 1540. The summed E-state index contributed by atoms with van der Waals surface area (Å²) in [6, 6.07) is 26.8. The number of benzene rings is 3. The number of carboxylic acid groups (broad SMARTS) is 1. The van der Waals surface area contributed by atoms with Crippen LogP contribution in [0.25, 0.3) is 11.1 Å². The number of esters is 1. The molecule has 0 unspecified atom stereocenters. The first-order valence-electron chi connectivity index (χ1n) is 12.9. The molecule has 4 aromatic rings. The predicted octanol–water partition coefficient (Wildman–Crippen LogP) is 5.36. The summed E-state index contributed by atoms with van der Waals surface area (Å²) in [5.74, 6) is -3.41. The maximum Gasteiger partial charge on any atom is 0.371 e. The topological polar surface area (TPSA) is 123 Å². The van der Waals surface area contributed by atoms with Gasteiger partial charge in [0.15, 0.2) is 11.2 Å². The Balaban J connectivity index is 1.44. The van der Waals surface area contributed by atoms with Gasteiger partial charge in [-0.05, 0) is 47.1 Å². The third-order valence-electron chi connectivity index (χ3n) is 6.34. The van der Waals surface area contributed by atoms with Crippen LogP contribution in [-0.4, -0.2) is 29.5 Å². The highest BCUT2D eigenvalue weighted by Crippen LogP contribution is 2.25. The molecule has 40 heavy (non-hydrogen) atoms. The number of carboxylic acids is 1. The standard InChI is InChI=1S/C32H29NO7/c1-21(14-15-33-30(35)28-18-26(34)19-29(40-28)31(36)37)16-25-13-12-24(23-10-6-3-7-11-23)17-27(25)32(38)39-20-22-8-4-2-5-9-22/h2-13,17-19,21H,14-16,20H2,1H3,(H,33,35)(H,36,37)/t21-/m0/s1. The van der Waals surface area contributed by atoms with E-state index in [1.54, 1.807) is 0 Å². The Kier molecular flexibility index (Phi) is 9.25. The average Bonchev–Trinajstić information content (AvgIpc) is 2.96. The molecule has 8 heteroatoms. The van der Waals surface area contributed by atoms with Crippen LogP contribution in [-0.2, 0) is 17.8 Å². The molecule has 0 aliphatic rings. The normalized spacial score (nSPS) is 11.4. The van der Waals surface area contributed by atoms with E-state index in [-0.39, 0.29) is 24.8 Å². The summed E-state index contributed by atoms with van der Waals surface area (Å²) in [7, 11) is 0. The van der Waals surface area contributed by atoms with E-state index in [9.17, 15) is 19.2 Å². The van der Waals surface area contributed by atoms with Gasteiger partial charge in [-0.3, -0.25) is 9.59 Å². The van der Waals surface area contributed by atoms with Gasteiger partial charge in [0.1, 0.15) is 6.61 Å². The second-order valence-corrected chi connectivity index (χ2v) is 9.48. The van der Waals surface area contributed by atoms with Crippen LogP contribution >= 0.6 is 0 Å². The molecule has 0 saturated heterocycles. The molecule has 8 nitrogen and oxygen atoms in total. The maximum atomic E-state index is 13.2. The summed E-state index contributed by atoms with van der Waals surface area (Å²) in [4.78, 5) is 48.4. The Labute approximate surface area is 231 Å². The van der Waals surface area contributed by atoms with E-state index < -0.39 is 29.0 Å². The summed E-state index contributed by atoms with van der Waals surface area (Å²) >= 11 is 0. The molecule has 0 aliphatic carbocycles. The van der Waals surface area contributed by atoms with Gasteiger partial charge in [-0.15, -0.1) is 0 Å². The van der Waals surface area contributed by atoms with Crippen molar-refractivity contribution < 1.29 is 28.6 Å². The highest BCUT2D eigenvalue weighted by atomic mass is 16.5. The molecule has 0 saturated carbocycles. The summed E-state index contributed by atoms with van der Waals surface area (Å²) in [5, 5.41) is 11.7. The first-order valence-corrected chi connectivity index (χ1v) is 12.9. The first kappa shape index (κ1) is 28.0. The Morgan fingerprint density at radius 3 is 2.25 bits per heavy atom. The molecule has 1 aromatic heterocycles. The summed E-state index contributed by atoms with van der Waals surface area (Å²) in [5.41, 5.74) is 3.47. The lowest BCUT2D eigenvalue weighted by molar-refractivity contribution is 0.0470. The van der Waals surface area contributed by atoms with Crippen LogP contribution < -0.4 is 10.7 Å². The van der Waals surface area contributed by atoms with Gasteiger partial charge in [0.25, 0.3) is 5.91 Å². The molecule has 4 rings (SSSR count). The molecule has 0 fully saturated rings. The third kappa shape index (κ3) is 7.54. The third-order valence-corrected chi connectivity index (χ3v) is 6.34. The van der Waals surface area contributed by atoms with Gasteiger partial charge in [0.05, 0.1) is 5.56 Å². The van der Waals surface area contributed by atoms with Crippen molar-refractivity contribution in [1.29, 1.82) is 0 Å². The lowest BCUT2D eigenvalue weighted by atomic mass is 9.92. The summed E-state index contributed by atoms with van der Waals surface area (Å²) < 4.78 is 10.7. The van der Waals surface area contributed by atoms with Crippen LogP contribution in [0.4, 0.5) is 0 Å². The Morgan fingerprint density at radius 1 is 0.875 bits per heavy atom. The zero-order valence-electron chi connectivity index (χ0n) is 22.0. The molecule has 0 radical (unpaired) electrons. The van der Waals surface area contributed by atoms with Gasteiger partial charge < -0.3 is 19.6 Å². The molecule has 1 atom stereocenters. The van der Waals surface area contributed by atoms with Crippen LogP contribution in [0.15, 0.2) is 100 Å². The molecule has 1 heterocycles. The first-order chi connectivity index (χ1) is 19.3. The Morgan fingerprint density at radius 2 is 1.55 bits per heavy atom. The number of hydrogen-bond donors (Lipinski definition) is 2. The van der Waals surface area contributed by atoms with E-state index in [0.29, 0.717) is 18.4 Å². The van der Waals surface area contributed by atoms with Crippen molar-refractivity contribution in [2.75, 3.05) is 6.54 Å². The van der Waals surface area contributed by atoms with Gasteiger partial charge in [-0.25, -0.2) is 9.59 Å². The number of hydrogen-bond acceptors (Lipinski definition) is 6. The van der Waals surface area contributed by atoms with Crippen LogP contribution in [0.5, 0.6) is 0 Å². The number of rotatable bonds is 11. The van der Waals surface area contributed by atoms with Crippen molar-refractivity contribution >= 4 is 17.8 Å². The molecule has 0 spiro atoms. The quantitative estimate of drug-likeness (QED) is 0.246. The van der Waals surface area contributed by atoms with Crippen molar-refractivity contribution in [2.24, 2.45) is 5.92 Å².